The van der Waals surface area contributed by atoms with Gasteiger partial charge in [-0.05, 0) is 52.2 Å². The van der Waals surface area contributed by atoms with Crippen molar-refractivity contribution in [1.82, 2.24) is 0 Å². The van der Waals surface area contributed by atoms with Crippen molar-refractivity contribution in [3.63, 3.8) is 0 Å². The van der Waals surface area contributed by atoms with Crippen LogP contribution in [0.25, 0.3) is 10.8 Å². The standard InChI is InChI=1S/C27H23NO3/c1-31-23-15-13-19(14-16-23)25-24(27(30)28(25)22-9-3-2-4-10-22)26(29)21-12-11-18-7-5-6-8-20(18)17-21/h2-17,24-26,29H,1H3/t24-,25-,26+/m1/s1. The number of para-hydroxylation sites is 1. The van der Waals surface area contributed by atoms with Crippen LogP contribution in [0.1, 0.15) is 23.3 Å². The maximum Gasteiger partial charge on any atom is 0.236 e. The monoisotopic (exact) mass is 409 g/mol. The highest BCUT2D eigenvalue weighted by Crippen LogP contribution is 2.49. The summed E-state index contributed by atoms with van der Waals surface area (Å²) >= 11 is 0. The number of rotatable bonds is 5. The van der Waals surface area contributed by atoms with E-state index in [-0.39, 0.29) is 11.9 Å². The van der Waals surface area contributed by atoms with Crippen molar-refractivity contribution in [2.24, 2.45) is 5.92 Å². The summed E-state index contributed by atoms with van der Waals surface area (Å²) in [5.74, 6) is 0.120. The molecule has 1 saturated heterocycles. The van der Waals surface area contributed by atoms with Crippen LogP contribution in [-0.2, 0) is 4.79 Å². The van der Waals surface area contributed by atoms with E-state index in [1.807, 2.05) is 97.1 Å². The molecule has 1 aliphatic rings. The average molecular weight is 409 g/mol. The minimum atomic E-state index is -0.899. The van der Waals surface area contributed by atoms with Gasteiger partial charge in [0.05, 0.1) is 25.2 Å². The molecular formula is C27H23NO3. The van der Waals surface area contributed by atoms with E-state index in [0.717, 1.165) is 33.3 Å². The number of amides is 1. The van der Waals surface area contributed by atoms with Crippen molar-refractivity contribution in [3.05, 3.63) is 108 Å². The summed E-state index contributed by atoms with van der Waals surface area (Å²) in [6, 6.07) is 31.0. The Morgan fingerprint density at radius 1 is 0.839 bits per heavy atom. The number of fused-ring (bicyclic) bond motifs is 1. The third kappa shape index (κ3) is 3.35. The van der Waals surface area contributed by atoms with Gasteiger partial charge >= 0.3 is 0 Å². The predicted octanol–water partition coefficient (Wildman–Crippen LogP) is 5.29. The Labute approximate surface area is 181 Å². The first-order chi connectivity index (χ1) is 15.2. The number of aliphatic hydroxyl groups excluding tert-OH is 1. The molecule has 0 bridgehead atoms. The molecule has 0 unspecified atom stereocenters. The first-order valence-corrected chi connectivity index (χ1v) is 10.4. The Kier molecular flexibility index (Phi) is 4.92. The third-order valence-electron chi connectivity index (χ3n) is 6.09. The fourth-order valence-corrected chi connectivity index (χ4v) is 4.45. The van der Waals surface area contributed by atoms with Crippen LogP contribution in [0, 0.1) is 5.92 Å². The number of aliphatic hydroxyl groups is 1. The number of carbonyl (C=O) groups excluding carboxylic acids is 1. The molecule has 1 heterocycles. The van der Waals surface area contributed by atoms with E-state index < -0.39 is 12.0 Å². The van der Waals surface area contributed by atoms with Crippen molar-refractivity contribution >= 4 is 22.4 Å². The lowest BCUT2D eigenvalue weighted by atomic mass is 9.76. The molecule has 31 heavy (non-hydrogen) atoms. The smallest absolute Gasteiger partial charge is 0.236 e. The number of β-lactam (4-membered cyclic amide) rings is 1. The number of carbonyl (C=O) groups is 1. The van der Waals surface area contributed by atoms with E-state index in [2.05, 4.69) is 0 Å². The summed E-state index contributed by atoms with van der Waals surface area (Å²) in [7, 11) is 1.63. The first-order valence-electron chi connectivity index (χ1n) is 10.4. The van der Waals surface area contributed by atoms with Gasteiger partial charge in [-0.1, -0.05) is 66.7 Å². The zero-order valence-electron chi connectivity index (χ0n) is 17.2. The van der Waals surface area contributed by atoms with Crippen LogP contribution in [0.2, 0.25) is 0 Å². The van der Waals surface area contributed by atoms with Gasteiger partial charge in [0.2, 0.25) is 5.91 Å². The van der Waals surface area contributed by atoms with Gasteiger partial charge in [0.25, 0.3) is 0 Å². The van der Waals surface area contributed by atoms with Crippen LogP contribution in [0.3, 0.4) is 0 Å². The van der Waals surface area contributed by atoms with Crippen molar-refractivity contribution in [1.29, 1.82) is 0 Å². The molecule has 4 heteroatoms. The van der Waals surface area contributed by atoms with Crippen molar-refractivity contribution in [2.45, 2.75) is 12.1 Å². The molecule has 1 N–H and O–H groups in total. The number of hydrogen-bond acceptors (Lipinski definition) is 3. The van der Waals surface area contributed by atoms with Crippen molar-refractivity contribution in [3.8, 4) is 5.75 Å². The van der Waals surface area contributed by atoms with E-state index in [1.54, 1.807) is 12.0 Å². The van der Waals surface area contributed by atoms with Gasteiger partial charge in [-0.2, -0.15) is 0 Å². The Bertz CT molecular complexity index is 1220. The number of methoxy groups -OCH3 is 1. The van der Waals surface area contributed by atoms with Crippen molar-refractivity contribution < 1.29 is 14.6 Å². The molecule has 1 fully saturated rings. The molecular weight excluding hydrogens is 386 g/mol. The second kappa shape index (κ2) is 7.89. The zero-order valence-corrected chi connectivity index (χ0v) is 17.2. The van der Waals surface area contributed by atoms with E-state index in [0.29, 0.717) is 0 Å². The number of ether oxygens (including phenoxy) is 1. The molecule has 0 aromatic heterocycles. The number of anilines is 1. The van der Waals surface area contributed by atoms with Crippen LogP contribution >= 0.6 is 0 Å². The van der Waals surface area contributed by atoms with E-state index >= 15 is 0 Å². The molecule has 4 aromatic carbocycles. The number of nitrogens with zero attached hydrogens (tertiary/aromatic N) is 1. The molecule has 3 atom stereocenters. The number of benzene rings is 4. The summed E-state index contributed by atoms with van der Waals surface area (Å²) in [4.78, 5) is 15.1. The van der Waals surface area contributed by atoms with Crippen LogP contribution in [0.4, 0.5) is 5.69 Å². The molecule has 0 aliphatic carbocycles. The van der Waals surface area contributed by atoms with E-state index in [4.69, 9.17) is 4.74 Å². The maximum atomic E-state index is 13.3. The maximum absolute atomic E-state index is 13.3. The lowest BCUT2D eigenvalue weighted by Gasteiger charge is -2.49. The molecule has 1 aliphatic heterocycles. The lowest BCUT2D eigenvalue weighted by Crippen LogP contribution is -2.57. The predicted molar refractivity (Wildman–Crippen MR) is 122 cm³/mol. The lowest BCUT2D eigenvalue weighted by molar-refractivity contribution is -0.136. The SMILES string of the molecule is COc1ccc([C@@H]2[C@H]([C@@H](O)c3ccc4ccccc4c3)C(=O)N2c2ccccc2)cc1. The zero-order chi connectivity index (χ0) is 21.4. The second-order valence-electron chi connectivity index (χ2n) is 7.84. The molecule has 0 radical (unpaired) electrons. The molecule has 4 aromatic rings. The molecule has 0 spiro atoms. The topological polar surface area (TPSA) is 49.8 Å². The van der Waals surface area contributed by atoms with Crippen LogP contribution < -0.4 is 9.64 Å². The Morgan fingerprint density at radius 3 is 2.23 bits per heavy atom. The Hall–Kier alpha value is -3.63. The highest BCUT2D eigenvalue weighted by atomic mass is 16.5. The molecule has 1 amide bonds. The van der Waals surface area contributed by atoms with Crippen molar-refractivity contribution in [2.75, 3.05) is 12.0 Å². The van der Waals surface area contributed by atoms with Gasteiger partial charge in [-0.25, -0.2) is 0 Å². The van der Waals surface area contributed by atoms with Gasteiger partial charge < -0.3 is 14.7 Å². The quantitative estimate of drug-likeness (QED) is 0.456. The highest BCUT2D eigenvalue weighted by Gasteiger charge is 2.52. The van der Waals surface area contributed by atoms with Gasteiger partial charge in [-0.15, -0.1) is 0 Å². The third-order valence-corrected chi connectivity index (χ3v) is 6.09. The van der Waals surface area contributed by atoms with Gasteiger partial charge in [-0.3, -0.25) is 4.79 Å². The summed E-state index contributed by atoms with van der Waals surface area (Å²) in [6.45, 7) is 0. The largest absolute Gasteiger partial charge is 0.497 e. The molecule has 4 nitrogen and oxygen atoms in total. The minimum Gasteiger partial charge on any atom is -0.497 e. The van der Waals surface area contributed by atoms with Crippen LogP contribution in [0.15, 0.2) is 97.1 Å². The second-order valence-corrected chi connectivity index (χ2v) is 7.84. The van der Waals surface area contributed by atoms with E-state index in [9.17, 15) is 9.90 Å². The fourth-order valence-electron chi connectivity index (χ4n) is 4.45. The van der Waals surface area contributed by atoms with Crippen LogP contribution in [-0.4, -0.2) is 18.1 Å². The Morgan fingerprint density at radius 2 is 1.52 bits per heavy atom. The molecule has 5 rings (SSSR count). The molecule has 0 saturated carbocycles. The van der Waals surface area contributed by atoms with E-state index in [1.165, 1.54) is 0 Å². The van der Waals surface area contributed by atoms with Gasteiger partial charge in [0, 0.05) is 5.69 Å². The highest BCUT2D eigenvalue weighted by molar-refractivity contribution is 6.03. The fraction of sp³-hybridized carbons (Fsp3) is 0.148. The summed E-state index contributed by atoms with van der Waals surface area (Å²) in [6.07, 6.45) is -0.899. The molecule has 154 valence electrons. The first kappa shape index (κ1) is 19.3. The average Bonchev–Trinajstić information content (AvgIpc) is 2.83. The van der Waals surface area contributed by atoms with Gasteiger partial charge in [0.1, 0.15) is 5.75 Å². The minimum absolute atomic E-state index is 0.0762. The normalized spacial score (nSPS) is 19.2. The summed E-state index contributed by atoms with van der Waals surface area (Å²) < 4.78 is 5.29. The summed E-state index contributed by atoms with van der Waals surface area (Å²) in [5.41, 5.74) is 2.55. The summed E-state index contributed by atoms with van der Waals surface area (Å²) in [5, 5.41) is 13.5. The van der Waals surface area contributed by atoms with Crippen LogP contribution in [0.5, 0.6) is 5.75 Å². The number of hydrogen-bond donors (Lipinski definition) is 1. The Balaban J connectivity index is 1.54. The van der Waals surface area contributed by atoms with Gasteiger partial charge in [0.15, 0.2) is 0 Å².